The Morgan fingerprint density at radius 2 is 2.04 bits per heavy atom. The molecular formula is C20H26N4O2. The summed E-state index contributed by atoms with van der Waals surface area (Å²) >= 11 is 0. The maximum absolute atomic E-state index is 12.6. The van der Waals surface area contributed by atoms with Crippen molar-refractivity contribution in [1.82, 2.24) is 19.4 Å². The highest BCUT2D eigenvalue weighted by Crippen LogP contribution is 2.17. The van der Waals surface area contributed by atoms with Crippen LogP contribution in [0.3, 0.4) is 0 Å². The van der Waals surface area contributed by atoms with Gasteiger partial charge < -0.3 is 9.47 Å². The molecule has 0 spiro atoms. The van der Waals surface area contributed by atoms with Gasteiger partial charge in [0.05, 0.1) is 5.69 Å². The van der Waals surface area contributed by atoms with Crippen molar-refractivity contribution in [2.24, 2.45) is 0 Å². The van der Waals surface area contributed by atoms with Gasteiger partial charge in [0.15, 0.2) is 0 Å². The van der Waals surface area contributed by atoms with Crippen LogP contribution >= 0.6 is 0 Å². The molecule has 1 fully saturated rings. The highest BCUT2D eigenvalue weighted by Gasteiger charge is 2.23. The van der Waals surface area contributed by atoms with Crippen molar-refractivity contribution in [2.45, 2.75) is 38.4 Å². The summed E-state index contributed by atoms with van der Waals surface area (Å²) in [6, 6.07) is 11.4. The first-order valence-corrected chi connectivity index (χ1v) is 9.17. The summed E-state index contributed by atoms with van der Waals surface area (Å²) in [7, 11) is 2.13. The molecule has 0 aromatic carbocycles. The van der Waals surface area contributed by atoms with Gasteiger partial charge >= 0.3 is 0 Å². The Balaban J connectivity index is 1.55. The van der Waals surface area contributed by atoms with Gasteiger partial charge in [0.1, 0.15) is 6.54 Å². The maximum Gasteiger partial charge on any atom is 0.250 e. The first-order chi connectivity index (χ1) is 12.6. The molecule has 1 saturated heterocycles. The molecule has 3 rings (SSSR count). The van der Waals surface area contributed by atoms with Crippen LogP contribution in [0.15, 0.2) is 53.6 Å². The molecule has 1 amide bonds. The van der Waals surface area contributed by atoms with Gasteiger partial charge in [-0.3, -0.25) is 19.5 Å². The van der Waals surface area contributed by atoms with Gasteiger partial charge in [0, 0.05) is 44.1 Å². The number of rotatable bonds is 5. The number of carbonyl (C=O) groups excluding carboxylic acids is 1. The Labute approximate surface area is 154 Å². The number of hydrogen-bond donors (Lipinski definition) is 0. The van der Waals surface area contributed by atoms with Crippen molar-refractivity contribution in [3.8, 4) is 0 Å². The van der Waals surface area contributed by atoms with Gasteiger partial charge in [-0.15, -0.1) is 0 Å². The van der Waals surface area contributed by atoms with Crippen LogP contribution in [0.1, 0.15) is 25.0 Å². The Kier molecular flexibility index (Phi) is 6.17. The molecule has 6 heteroatoms. The zero-order valence-electron chi connectivity index (χ0n) is 15.3. The highest BCUT2D eigenvalue weighted by molar-refractivity contribution is 5.76. The van der Waals surface area contributed by atoms with Gasteiger partial charge in [0.25, 0.3) is 5.56 Å². The lowest BCUT2D eigenvalue weighted by Crippen LogP contribution is -2.38. The van der Waals surface area contributed by atoms with Gasteiger partial charge in [-0.1, -0.05) is 12.1 Å². The molecule has 1 aliphatic heterocycles. The number of nitrogens with zero attached hydrogens (tertiary/aromatic N) is 4. The van der Waals surface area contributed by atoms with Crippen molar-refractivity contribution in [3.05, 3.63) is 64.8 Å². The highest BCUT2D eigenvalue weighted by atomic mass is 16.2. The van der Waals surface area contributed by atoms with Crippen molar-refractivity contribution in [2.75, 3.05) is 20.1 Å². The normalized spacial score (nSPS) is 17.9. The minimum absolute atomic E-state index is 0.0197. The van der Waals surface area contributed by atoms with Crippen LogP contribution in [-0.4, -0.2) is 51.4 Å². The lowest BCUT2D eigenvalue weighted by atomic mass is 10.1. The Morgan fingerprint density at radius 3 is 2.81 bits per heavy atom. The predicted octanol–water partition coefficient (Wildman–Crippen LogP) is 1.76. The molecule has 2 aromatic rings. The monoisotopic (exact) mass is 354 g/mol. The summed E-state index contributed by atoms with van der Waals surface area (Å²) in [6.07, 6.45) is 6.48. The predicted molar refractivity (Wildman–Crippen MR) is 101 cm³/mol. The zero-order valence-corrected chi connectivity index (χ0v) is 15.3. The first-order valence-electron chi connectivity index (χ1n) is 9.17. The quantitative estimate of drug-likeness (QED) is 0.821. The maximum atomic E-state index is 12.6. The lowest BCUT2D eigenvalue weighted by Gasteiger charge is -2.27. The fraction of sp³-hybridized carbons (Fsp3) is 0.450. The number of likely N-dealkylation sites (tertiary alicyclic amines) is 1. The average molecular weight is 354 g/mol. The van der Waals surface area contributed by atoms with E-state index in [1.165, 1.54) is 10.6 Å². The number of aromatic nitrogens is 2. The summed E-state index contributed by atoms with van der Waals surface area (Å²) in [5.74, 6) is 0.0197. The summed E-state index contributed by atoms with van der Waals surface area (Å²) in [5, 5.41) is 0. The van der Waals surface area contributed by atoms with E-state index in [1.807, 2.05) is 29.3 Å². The number of amides is 1. The SMILES string of the molecule is CN(Cc1ccccn1)C1CCCN(C(=O)Cn2ccccc2=O)CC1. The van der Waals surface area contributed by atoms with Crippen LogP contribution in [0.25, 0.3) is 0 Å². The number of carbonyl (C=O) groups is 1. The van der Waals surface area contributed by atoms with Crippen LogP contribution < -0.4 is 5.56 Å². The Bertz CT molecular complexity index is 775. The molecule has 138 valence electrons. The van der Waals surface area contributed by atoms with Crippen molar-refractivity contribution >= 4 is 5.91 Å². The smallest absolute Gasteiger partial charge is 0.250 e. The fourth-order valence-electron chi connectivity index (χ4n) is 3.48. The molecule has 1 unspecified atom stereocenters. The van der Waals surface area contributed by atoms with E-state index in [0.29, 0.717) is 6.04 Å². The summed E-state index contributed by atoms with van der Waals surface area (Å²) < 4.78 is 1.47. The number of hydrogen-bond acceptors (Lipinski definition) is 4. The Hall–Kier alpha value is -2.47. The molecule has 3 heterocycles. The third kappa shape index (κ3) is 4.79. The molecule has 0 saturated carbocycles. The Morgan fingerprint density at radius 1 is 1.19 bits per heavy atom. The third-order valence-corrected chi connectivity index (χ3v) is 5.02. The second-order valence-corrected chi connectivity index (χ2v) is 6.87. The van der Waals surface area contributed by atoms with Crippen LogP contribution in [0.5, 0.6) is 0 Å². The summed E-state index contributed by atoms with van der Waals surface area (Å²) in [6.45, 7) is 2.43. The number of pyridine rings is 2. The molecule has 1 atom stereocenters. The van der Waals surface area contributed by atoms with E-state index in [2.05, 4.69) is 16.9 Å². The van der Waals surface area contributed by atoms with E-state index in [1.54, 1.807) is 18.3 Å². The second kappa shape index (κ2) is 8.76. The van der Waals surface area contributed by atoms with Crippen LogP contribution in [0.2, 0.25) is 0 Å². The minimum Gasteiger partial charge on any atom is -0.341 e. The van der Waals surface area contributed by atoms with E-state index in [4.69, 9.17) is 0 Å². The zero-order chi connectivity index (χ0) is 18.4. The van der Waals surface area contributed by atoms with Gasteiger partial charge in [0.2, 0.25) is 5.91 Å². The molecule has 6 nitrogen and oxygen atoms in total. The standard InChI is InChI=1S/C20H26N4O2/c1-22(15-17-7-2-4-11-21-17)18-8-6-13-23(14-10-18)20(26)16-24-12-5-3-9-19(24)25/h2-5,7,9,11-12,18H,6,8,10,13-16H2,1H3. The first kappa shape index (κ1) is 18.3. The summed E-state index contributed by atoms with van der Waals surface area (Å²) in [5.41, 5.74) is 0.930. The van der Waals surface area contributed by atoms with Crippen molar-refractivity contribution in [1.29, 1.82) is 0 Å². The largest absolute Gasteiger partial charge is 0.341 e. The molecule has 2 aromatic heterocycles. The van der Waals surface area contributed by atoms with Crippen LogP contribution in [0, 0.1) is 0 Å². The molecule has 0 N–H and O–H groups in total. The van der Waals surface area contributed by atoms with E-state index >= 15 is 0 Å². The van der Waals surface area contributed by atoms with E-state index in [9.17, 15) is 9.59 Å². The van der Waals surface area contributed by atoms with Gasteiger partial charge in [-0.05, 0) is 44.5 Å². The van der Waals surface area contributed by atoms with E-state index < -0.39 is 0 Å². The molecule has 26 heavy (non-hydrogen) atoms. The summed E-state index contributed by atoms with van der Waals surface area (Å²) in [4.78, 5) is 33.0. The lowest BCUT2D eigenvalue weighted by molar-refractivity contribution is -0.131. The average Bonchev–Trinajstić information content (AvgIpc) is 2.91. The minimum atomic E-state index is -0.136. The van der Waals surface area contributed by atoms with Gasteiger partial charge in [-0.2, -0.15) is 0 Å². The van der Waals surface area contributed by atoms with Crippen molar-refractivity contribution in [3.63, 3.8) is 0 Å². The fourth-order valence-corrected chi connectivity index (χ4v) is 3.48. The van der Waals surface area contributed by atoms with Crippen LogP contribution in [0.4, 0.5) is 0 Å². The van der Waals surface area contributed by atoms with Crippen molar-refractivity contribution < 1.29 is 4.79 Å². The van der Waals surface area contributed by atoms with E-state index in [-0.39, 0.29) is 18.0 Å². The topological polar surface area (TPSA) is 58.4 Å². The molecular weight excluding hydrogens is 328 g/mol. The van der Waals surface area contributed by atoms with E-state index in [0.717, 1.165) is 44.6 Å². The molecule has 0 radical (unpaired) electrons. The third-order valence-electron chi connectivity index (χ3n) is 5.02. The van der Waals surface area contributed by atoms with Gasteiger partial charge in [-0.25, -0.2) is 0 Å². The second-order valence-electron chi connectivity index (χ2n) is 6.87. The molecule has 0 aliphatic carbocycles. The molecule has 0 bridgehead atoms. The van der Waals surface area contributed by atoms with Crippen LogP contribution in [-0.2, 0) is 17.9 Å². The molecule has 1 aliphatic rings.